The minimum absolute atomic E-state index is 0.109. The molecule has 0 aromatic heterocycles. The highest BCUT2D eigenvalue weighted by Gasteiger charge is 2.36. The number of ether oxygens (including phenoxy) is 1. The van der Waals surface area contributed by atoms with Crippen LogP contribution in [0.25, 0.3) is 0 Å². The fourth-order valence-corrected chi connectivity index (χ4v) is 3.57. The second kappa shape index (κ2) is 7.49. The molecule has 0 saturated carbocycles. The topological polar surface area (TPSA) is 29.5 Å². The van der Waals surface area contributed by atoms with Crippen LogP contribution in [-0.4, -0.2) is 23.4 Å². The van der Waals surface area contributed by atoms with Gasteiger partial charge in [0.15, 0.2) is 0 Å². The summed E-state index contributed by atoms with van der Waals surface area (Å²) in [5.74, 6) is 0.537. The van der Waals surface area contributed by atoms with Crippen molar-refractivity contribution in [2.45, 2.75) is 95.9 Å². The van der Waals surface area contributed by atoms with Gasteiger partial charge < -0.3 is 9.84 Å². The van der Waals surface area contributed by atoms with Crippen molar-refractivity contribution in [3.63, 3.8) is 0 Å². The molecule has 0 aromatic rings. The smallest absolute Gasteiger partial charge is 0.0864 e. The number of hydrogen-bond donors (Lipinski definition) is 1. The quantitative estimate of drug-likeness (QED) is 0.706. The van der Waals surface area contributed by atoms with Gasteiger partial charge in [0, 0.05) is 0 Å². The molecule has 0 spiro atoms. The van der Waals surface area contributed by atoms with E-state index in [1.807, 2.05) is 0 Å². The Balaban J connectivity index is 1.84. The molecule has 0 amide bonds. The van der Waals surface area contributed by atoms with Gasteiger partial charge in [0.25, 0.3) is 0 Å². The molecule has 1 N–H and O–H groups in total. The minimum Gasteiger partial charge on any atom is -0.390 e. The van der Waals surface area contributed by atoms with Crippen molar-refractivity contribution < 1.29 is 9.84 Å². The molecular formula is C16H30O2. The van der Waals surface area contributed by atoms with E-state index in [1.54, 1.807) is 0 Å². The third-order valence-electron chi connectivity index (χ3n) is 4.70. The van der Waals surface area contributed by atoms with E-state index in [-0.39, 0.29) is 12.2 Å². The maximum Gasteiger partial charge on any atom is 0.0864 e. The van der Waals surface area contributed by atoms with Gasteiger partial charge in [0.05, 0.1) is 18.3 Å². The summed E-state index contributed by atoms with van der Waals surface area (Å²) in [6.45, 7) is 2.24. The first-order chi connectivity index (χ1) is 8.77. The van der Waals surface area contributed by atoms with Crippen LogP contribution in [0.1, 0.15) is 77.6 Å². The van der Waals surface area contributed by atoms with E-state index in [4.69, 9.17) is 4.74 Å². The van der Waals surface area contributed by atoms with E-state index in [0.29, 0.717) is 12.0 Å². The normalized spacial score (nSPS) is 40.3. The van der Waals surface area contributed by atoms with Gasteiger partial charge in [-0.1, -0.05) is 58.3 Å². The van der Waals surface area contributed by atoms with E-state index in [2.05, 4.69) is 6.92 Å². The second-order valence-corrected chi connectivity index (χ2v) is 6.41. The zero-order chi connectivity index (χ0) is 12.8. The molecule has 106 valence electrons. The summed E-state index contributed by atoms with van der Waals surface area (Å²) >= 11 is 0. The van der Waals surface area contributed by atoms with Crippen molar-refractivity contribution in [2.75, 3.05) is 0 Å². The molecule has 2 rings (SSSR count). The largest absolute Gasteiger partial charge is 0.390 e. The average molecular weight is 254 g/mol. The predicted molar refractivity (Wildman–Crippen MR) is 74.6 cm³/mol. The van der Waals surface area contributed by atoms with Crippen LogP contribution in [0, 0.1) is 5.92 Å². The van der Waals surface area contributed by atoms with Crippen molar-refractivity contribution in [3.05, 3.63) is 0 Å². The van der Waals surface area contributed by atoms with E-state index in [0.717, 1.165) is 12.8 Å². The molecule has 0 aromatic carbocycles. The number of aliphatic hydroxyl groups excluding tert-OH is 1. The maximum atomic E-state index is 10.3. The van der Waals surface area contributed by atoms with Gasteiger partial charge in [-0.3, -0.25) is 0 Å². The van der Waals surface area contributed by atoms with Crippen LogP contribution in [-0.2, 0) is 4.74 Å². The van der Waals surface area contributed by atoms with Crippen molar-refractivity contribution in [1.82, 2.24) is 0 Å². The molecule has 0 aliphatic carbocycles. The van der Waals surface area contributed by atoms with Gasteiger partial charge in [0.1, 0.15) is 0 Å². The molecule has 2 nitrogen and oxygen atoms in total. The van der Waals surface area contributed by atoms with Crippen molar-refractivity contribution >= 4 is 0 Å². The van der Waals surface area contributed by atoms with E-state index in [1.165, 1.54) is 57.8 Å². The standard InChI is InChI=1S/C16H30O2/c1-13-12-14-10-8-6-4-2-3-5-7-9-11-15(17)16(13)18-14/h13-17H,2-12H2,1H3. The molecule has 4 unspecified atom stereocenters. The lowest BCUT2D eigenvalue weighted by atomic mass is 9.94. The number of fused-ring (bicyclic) bond motifs is 2. The Kier molecular flexibility index (Phi) is 5.97. The van der Waals surface area contributed by atoms with Crippen LogP contribution in [0.5, 0.6) is 0 Å². The SMILES string of the molecule is CC1CC2CCCCCCCCCCC(O)C1O2. The summed E-state index contributed by atoms with van der Waals surface area (Å²) in [4.78, 5) is 0. The Morgan fingerprint density at radius 3 is 2.06 bits per heavy atom. The predicted octanol–water partition coefficient (Wildman–Crippen LogP) is 4.06. The molecule has 18 heavy (non-hydrogen) atoms. The van der Waals surface area contributed by atoms with Crippen LogP contribution in [0.3, 0.4) is 0 Å². The van der Waals surface area contributed by atoms with Crippen molar-refractivity contribution in [2.24, 2.45) is 5.92 Å². The van der Waals surface area contributed by atoms with Crippen molar-refractivity contribution in [3.8, 4) is 0 Å². The second-order valence-electron chi connectivity index (χ2n) is 6.41. The molecule has 2 saturated heterocycles. The lowest BCUT2D eigenvalue weighted by molar-refractivity contribution is -0.0506. The Labute approximate surface area is 112 Å². The summed E-state index contributed by atoms with van der Waals surface area (Å²) in [6, 6.07) is 0. The Hall–Kier alpha value is -0.0800. The van der Waals surface area contributed by atoms with Crippen LogP contribution in [0.4, 0.5) is 0 Å². The first kappa shape index (κ1) is 14.3. The molecular weight excluding hydrogens is 224 g/mol. The molecule has 4 atom stereocenters. The number of hydrogen-bond acceptors (Lipinski definition) is 2. The molecule has 2 heterocycles. The average Bonchev–Trinajstić information content (AvgIpc) is 2.72. The van der Waals surface area contributed by atoms with E-state index >= 15 is 0 Å². The highest BCUT2D eigenvalue weighted by molar-refractivity contribution is 4.84. The fraction of sp³-hybridized carbons (Fsp3) is 1.00. The van der Waals surface area contributed by atoms with Gasteiger partial charge in [-0.15, -0.1) is 0 Å². The van der Waals surface area contributed by atoms with Gasteiger partial charge in [0.2, 0.25) is 0 Å². The molecule has 2 bridgehead atoms. The summed E-state index contributed by atoms with van der Waals surface area (Å²) < 4.78 is 6.08. The molecule has 2 aliphatic heterocycles. The lowest BCUT2D eigenvalue weighted by Gasteiger charge is -2.22. The van der Waals surface area contributed by atoms with Crippen molar-refractivity contribution in [1.29, 1.82) is 0 Å². The molecule has 2 heteroatoms. The minimum atomic E-state index is -0.229. The zero-order valence-corrected chi connectivity index (χ0v) is 11.9. The van der Waals surface area contributed by atoms with Gasteiger partial charge in [-0.05, 0) is 25.2 Å². The van der Waals surface area contributed by atoms with E-state index in [9.17, 15) is 5.11 Å². The Bertz CT molecular complexity index is 229. The van der Waals surface area contributed by atoms with Gasteiger partial charge >= 0.3 is 0 Å². The summed E-state index contributed by atoms with van der Waals surface area (Å²) in [5.41, 5.74) is 0. The van der Waals surface area contributed by atoms with Crippen LogP contribution >= 0.6 is 0 Å². The molecule has 2 aliphatic rings. The fourth-order valence-electron chi connectivity index (χ4n) is 3.57. The summed E-state index contributed by atoms with van der Waals surface area (Å²) in [5, 5.41) is 10.3. The van der Waals surface area contributed by atoms with E-state index < -0.39 is 0 Å². The van der Waals surface area contributed by atoms with Gasteiger partial charge in [-0.25, -0.2) is 0 Å². The Morgan fingerprint density at radius 1 is 0.833 bits per heavy atom. The highest BCUT2D eigenvalue weighted by Crippen LogP contribution is 2.32. The summed E-state index contributed by atoms with van der Waals surface area (Å²) in [7, 11) is 0. The van der Waals surface area contributed by atoms with Gasteiger partial charge in [-0.2, -0.15) is 0 Å². The zero-order valence-electron chi connectivity index (χ0n) is 11.9. The molecule has 0 radical (unpaired) electrons. The van der Waals surface area contributed by atoms with Crippen LogP contribution < -0.4 is 0 Å². The lowest BCUT2D eigenvalue weighted by Crippen LogP contribution is -2.30. The number of aliphatic hydroxyl groups is 1. The monoisotopic (exact) mass is 254 g/mol. The summed E-state index contributed by atoms with van der Waals surface area (Å²) in [6.07, 6.45) is 14.2. The first-order valence-electron chi connectivity index (χ1n) is 8.11. The first-order valence-corrected chi connectivity index (χ1v) is 8.11. The van der Waals surface area contributed by atoms with Crippen LogP contribution in [0.15, 0.2) is 0 Å². The van der Waals surface area contributed by atoms with Crippen LogP contribution in [0.2, 0.25) is 0 Å². The Morgan fingerprint density at radius 2 is 1.39 bits per heavy atom. The number of rotatable bonds is 0. The highest BCUT2D eigenvalue weighted by atomic mass is 16.5. The maximum absolute atomic E-state index is 10.3. The third-order valence-corrected chi connectivity index (χ3v) is 4.70. The molecule has 2 fully saturated rings. The third kappa shape index (κ3) is 4.24.